The molecule has 7 nitrogen and oxygen atoms in total. The van der Waals surface area contributed by atoms with E-state index in [0.29, 0.717) is 16.4 Å². The number of thiophene rings is 1. The van der Waals surface area contributed by atoms with E-state index in [1.807, 2.05) is 18.3 Å². The Morgan fingerprint density at radius 2 is 1.94 bits per heavy atom. The molecule has 2 aliphatic heterocycles. The number of hydrogen-bond acceptors (Lipinski definition) is 6. The van der Waals surface area contributed by atoms with E-state index in [0.717, 1.165) is 61.1 Å². The van der Waals surface area contributed by atoms with Crippen LogP contribution in [-0.4, -0.2) is 58.2 Å². The third-order valence-corrected chi connectivity index (χ3v) is 9.77. The number of hydrogen-bond donors (Lipinski definition) is 1. The van der Waals surface area contributed by atoms with Crippen molar-refractivity contribution in [3.8, 4) is 10.4 Å². The van der Waals surface area contributed by atoms with Gasteiger partial charge in [0.1, 0.15) is 18.8 Å². The fourth-order valence-corrected chi connectivity index (χ4v) is 7.65. The number of nitrogens with zero attached hydrogens (tertiary/aromatic N) is 2. The molecule has 0 bridgehead atoms. The second-order valence-corrected chi connectivity index (χ2v) is 12.2. The molecule has 36 heavy (non-hydrogen) atoms. The van der Waals surface area contributed by atoms with Crippen LogP contribution in [0.25, 0.3) is 10.4 Å². The number of halogens is 1. The van der Waals surface area contributed by atoms with Crippen molar-refractivity contribution < 1.29 is 19.1 Å². The zero-order valence-electron chi connectivity index (χ0n) is 20.0. The van der Waals surface area contributed by atoms with Crippen LogP contribution in [0.15, 0.2) is 24.4 Å². The lowest BCUT2D eigenvalue weighted by Gasteiger charge is -2.34. The Kier molecular flexibility index (Phi) is 6.38. The van der Waals surface area contributed by atoms with Crippen LogP contribution in [0.2, 0.25) is 0 Å². The van der Waals surface area contributed by atoms with Crippen LogP contribution in [0.1, 0.15) is 77.7 Å². The summed E-state index contributed by atoms with van der Waals surface area (Å²) in [5, 5.41) is -0.427. The number of carbonyl (C=O) groups excluding carboxylic acids is 3. The van der Waals surface area contributed by atoms with Gasteiger partial charge in [-0.05, 0) is 60.9 Å². The minimum atomic E-state index is -0.650. The van der Waals surface area contributed by atoms with E-state index >= 15 is 0 Å². The molecule has 4 atom stereocenters. The van der Waals surface area contributed by atoms with Crippen LogP contribution >= 0.6 is 22.9 Å². The van der Waals surface area contributed by atoms with E-state index in [1.54, 1.807) is 4.90 Å². The topological polar surface area (TPSA) is 103 Å². The second kappa shape index (κ2) is 9.54. The van der Waals surface area contributed by atoms with E-state index in [2.05, 4.69) is 11.1 Å². The molecule has 4 aliphatic rings. The fraction of sp³-hybridized carbons (Fsp3) is 0.556. The van der Waals surface area contributed by atoms with Crippen molar-refractivity contribution in [1.29, 1.82) is 0 Å². The third-order valence-electron chi connectivity index (χ3n) is 8.17. The van der Waals surface area contributed by atoms with Gasteiger partial charge in [-0.2, -0.15) is 0 Å². The largest absolute Gasteiger partial charge is 0.366 e. The number of amides is 2. The second-order valence-electron chi connectivity index (χ2n) is 10.6. The molecule has 0 aromatic carbocycles. The summed E-state index contributed by atoms with van der Waals surface area (Å²) in [4.78, 5) is 47.0. The van der Waals surface area contributed by atoms with Crippen molar-refractivity contribution >= 4 is 40.5 Å². The first-order valence-electron chi connectivity index (χ1n) is 12.9. The van der Waals surface area contributed by atoms with Gasteiger partial charge in [-0.15, -0.1) is 22.9 Å². The van der Waals surface area contributed by atoms with Crippen molar-refractivity contribution in [2.75, 3.05) is 13.2 Å². The predicted octanol–water partition coefficient (Wildman–Crippen LogP) is 4.24. The number of nitrogens with two attached hydrogens (primary N) is 1. The molecule has 2 saturated heterocycles. The number of likely N-dealkylation sites (tertiary alicyclic amines) is 1. The van der Waals surface area contributed by atoms with Crippen molar-refractivity contribution in [3.63, 3.8) is 0 Å². The van der Waals surface area contributed by atoms with Gasteiger partial charge in [-0.25, -0.2) is 0 Å². The first-order valence-corrected chi connectivity index (χ1v) is 14.2. The molecule has 4 fully saturated rings. The Hall–Kier alpha value is -2.29. The van der Waals surface area contributed by atoms with Crippen LogP contribution in [-0.2, 0) is 14.3 Å². The zero-order valence-corrected chi connectivity index (χ0v) is 21.6. The van der Waals surface area contributed by atoms with Crippen LogP contribution in [0, 0.1) is 5.92 Å². The average molecular weight is 528 g/mol. The van der Waals surface area contributed by atoms with Gasteiger partial charge in [-0.3, -0.25) is 19.4 Å². The van der Waals surface area contributed by atoms with Gasteiger partial charge in [0.25, 0.3) is 5.91 Å². The highest BCUT2D eigenvalue weighted by Crippen LogP contribution is 2.46. The van der Waals surface area contributed by atoms with E-state index in [4.69, 9.17) is 22.1 Å². The summed E-state index contributed by atoms with van der Waals surface area (Å²) < 4.78 is 5.62. The van der Waals surface area contributed by atoms with E-state index in [-0.39, 0.29) is 30.8 Å². The van der Waals surface area contributed by atoms with Crippen LogP contribution in [0.3, 0.4) is 0 Å². The number of aromatic nitrogens is 1. The van der Waals surface area contributed by atoms with Gasteiger partial charge in [0.05, 0.1) is 16.2 Å². The lowest BCUT2D eigenvalue weighted by atomic mass is 9.75. The van der Waals surface area contributed by atoms with Crippen LogP contribution in [0.5, 0.6) is 0 Å². The Bertz CT molecular complexity index is 1210. The third kappa shape index (κ3) is 4.27. The van der Waals surface area contributed by atoms with Gasteiger partial charge in [0.2, 0.25) is 5.91 Å². The number of Topliss-reactive ketones (excluding diaryl/α,β-unsaturated/α-hetero) is 1. The van der Waals surface area contributed by atoms with Crippen molar-refractivity contribution in [2.45, 2.75) is 74.3 Å². The maximum Gasteiger partial charge on any atom is 0.259 e. The zero-order chi connectivity index (χ0) is 25.0. The first kappa shape index (κ1) is 24.1. The molecule has 0 radical (unpaired) electrons. The highest BCUT2D eigenvalue weighted by Gasteiger charge is 2.53. The van der Waals surface area contributed by atoms with Crippen molar-refractivity contribution in [3.05, 3.63) is 40.5 Å². The van der Waals surface area contributed by atoms with Crippen molar-refractivity contribution in [1.82, 2.24) is 9.88 Å². The number of pyridine rings is 1. The summed E-state index contributed by atoms with van der Waals surface area (Å²) in [5.74, 6) is -0.728. The van der Waals surface area contributed by atoms with Gasteiger partial charge >= 0.3 is 0 Å². The monoisotopic (exact) mass is 527 g/mol. The van der Waals surface area contributed by atoms with Gasteiger partial charge in [-0.1, -0.05) is 19.3 Å². The molecule has 2 aromatic heterocycles. The predicted molar refractivity (Wildman–Crippen MR) is 137 cm³/mol. The summed E-state index contributed by atoms with van der Waals surface area (Å²) in [7, 11) is 0. The minimum absolute atomic E-state index is 0.0169. The highest BCUT2D eigenvalue weighted by atomic mass is 35.5. The summed E-state index contributed by atoms with van der Waals surface area (Å²) in [6.45, 7) is 0.250. The lowest BCUT2D eigenvalue weighted by Crippen LogP contribution is -2.46. The maximum atomic E-state index is 14.3. The normalized spacial score (nSPS) is 27.3. The maximum absolute atomic E-state index is 14.3. The smallest absolute Gasteiger partial charge is 0.259 e. The molecule has 6 rings (SSSR count). The molecule has 9 heteroatoms. The van der Waals surface area contributed by atoms with E-state index < -0.39 is 29.3 Å². The lowest BCUT2D eigenvalue weighted by molar-refractivity contribution is -0.139. The molecule has 2 aromatic rings. The van der Waals surface area contributed by atoms with Gasteiger partial charge in [0.15, 0.2) is 5.78 Å². The molecule has 2 amide bonds. The molecular formula is C27H30ClN3O4S. The Balaban J connectivity index is 1.41. The van der Waals surface area contributed by atoms with Crippen molar-refractivity contribution in [2.24, 2.45) is 11.7 Å². The molecule has 0 unspecified atom stereocenters. The Morgan fingerprint density at radius 1 is 1.17 bits per heavy atom. The quantitative estimate of drug-likeness (QED) is 0.566. The Labute approximate surface area is 219 Å². The molecule has 4 heterocycles. The summed E-state index contributed by atoms with van der Waals surface area (Å²) in [6, 6.07) is 5.36. The Morgan fingerprint density at radius 3 is 2.67 bits per heavy atom. The summed E-state index contributed by atoms with van der Waals surface area (Å²) >= 11 is 7.86. The first-order chi connectivity index (χ1) is 17.4. The number of primary amides is 1. The minimum Gasteiger partial charge on any atom is -0.366 e. The molecular weight excluding hydrogens is 498 g/mol. The molecule has 190 valence electrons. The van der Waals surface area contributed by atoms with Gasteiger partial charge < -0.3 is 15.4 Å². The highest BCUT2D eigenvalue weighted by molar-refractivity contribution is 7.17. The number of ether oxygens (including phenoxy) is 1. The molecule has 2 N–H and O–H groups in total. The number of rotatable bonds is 6. The number of ketones is 1. The average Bonchev–Trinajstić information content (AvgIpc) is 3.40. The summed E-state index contributed by atoms with van der Waals surface area (Å²) in [5.41, 5.74) is 8.63. The van der Waals surface area contributed by atoms with Crippen LogP contribution < -0.4 is 5.73 Å². The van der Waals surface area contributed by atoms with E-state index in [9.17, 15) is 14.4 Å². The number of fused-ring (bicyclic) bond motifs is 1. The number of carbonyl (C=O) groups is 3. The summed E-state index contributed by atoms with van der Waals surface area (Å²) in [6.07, 6.45) is 8.67. The molecule has 0 spiro atoms. The molecule has 2 aliphatic carbocycles. The molecule has 2 saturated carbocycles. The fourth-order valence-electron chi connectivity index (χ4n) is 6.23. The van der Waals surface area contributed by atoms with Crippen LogP contribution in [0.4, 0.5) is 0 Å². The van der Waals surface area contributed by atoms with Gasteiger partial charge in [0, 0.05) is 29.2 Å². The number of alkyl halides is 1. The SMILES string of the molecule is NC(=O)c1sc(-c2ccnc(C3CC3)c2)cc1[C@@H](C(=O)N1C[C@H](Cl)[C@H]2OCC(=O)[C@H]21)C1CCCCC1. The van der Waals surface area contributed by atoms with E-state index in [1.165, 1.54) is 11.3 Å². The standard InChI is InChI=1S/C27H30ClN3O4S/c28-18-12-31(23-20(32)13-35-24(18)23)27(34)22(15-4-2-1-3-5-15)17-11-21(36-25(17)26(29)33)16-8-9-30-19(10-16)14-6-7-14/h8-11,14-15,18,22-24H,1-7,12-13H2,(H2,29,33)/t18-,22-,23+,24+/m0/s1.